The quantitative estimate of drug-likeness (QED) is 0.786. The van der Waals surface area contributed by atoms with E-state index >= 15 is 0 Å². The first-order chi connectivity index (χ1) is 11.8. The predicted octanol–water partition coefficient (Wildman–Crippen LogP) is 3.25. The van der Waals surface area contributed by atoms with Crippen molar-refractivity contribution in [3.05, 3.63) is 35.4 Å². The molecule has 0 saturated carbocycles. The minimum absolute atomic E-state index is 0.191. The minimum Gasteiger partial charge on any atom is -0.461 e. The number of carbonyl (C=O) groups excluding carboxylic acids is 2. The fraction of sp³-hybridized carbons (Fsp3) is 0.526. The number of nitrogens with zero attached hydrogens (tertiary/aromatic N) is 2. The third kappa shape index (κ3) is 5.79. The van der Waals surface area contributed by atoms with Crippen LogP contribution in [0.5, 0.6) is 0 Å². The number of hydrogen-bond donors (Lipinski definition) is 0. The number of hydrogen-bond acceptors (Lipinski definition) is 5. The van der Waals surface area contributed by atoms with Crippen LogP contribution >= 0.6 is 0 Å². The average molecular weight is 344 g/mol. The first kappa shape index (κ1) is 18.8. The summed E-state index contributed by atoms with van der Waals surface area (Å²) in [5.74, 6) is -0.440. The van der Waals surface area contributed by atoms with Crippen molar-refractivity contribution in [2.24, 2.45) is 5.92 Å². The van der Waals surface area contributed by atoms with Gasteiger partial charge in [-0.05, 0) is 51.3 Å². The summed E-state index contributed by atoms with van der Waals surface area (Å²) in [4.78, 5) is 25.8. The van der Waals surface area contributed by atoms with Gasteiger partial charge in [-0.3, -0.25) is 4.79 Å². The smallest absolute Gasteiger partial charge is 0.410 e. The van der Waals surface area contributed by atoms with E-state index in [1.54, 1.807) is 29.2 Å². The first-order valence-electron chi connectivity index (χ1n) is 8.42. The van der Waals surface area contributed by atoms with Crippen LogP contribution in [-0.2, 0) is 20.9 Å². The van der Waals surface area contributed by atoms with Gasteiger partial charge in [0.2, 0.25) is 0 Å². The van der Waals surface area contributed by atoms with E-state index in [9.17, 15) is 9.59 Å². The van der Waals surface area contributed by atoms with Gasteiger partial charge in [0.25, 0.3) is 0 Å². The van der Waals surface area contributed by atoms with Crippen molar-refractivity contribution in [2.75, 3.05) is 13.1 Å². The van der Waals surface area contributed by atoms with Crippen LogP contribution in [0.2, 0.25) is 0 Å². The van der Waals surface area contributed by atoms with Crippen molar-refractivity contribution >= 4 is 12.1 Å². The predicted molar refractivity (Wildman–Crippen MR) is 91.5 cm³/mol. The van der Waals surface area contributed by atoms with Gasteiger partial charge in [-0.15, -0.1) is 0 Å². The molecule has 6 nitrogen and oxygen atoms in total. The van der Waals surface area contributed by atoms with Crippen molar-refractivity contribution in [3.63, 3.8) is 0 Å². The summed E-state index contributed by atoms with van der Waals surface area (Å²) in [7, 11) is 0. The van der Waals surface area contributed by atoms with Gasteiger partial charge >= 0.3 is 12.1 Å². The van der Waals surface area contributed by atoms with Gasteiger partial charge in [-0.1, -0.05) is 12.1 Å². The summed E-state index contributed by atoms with van der Waals surface area (Å²) >= 11 is 0. The number of piperidine rings is 1. The Morgan fingerprint density at radius 1 is 1.20 bits per heavy atom. The van der Waals surface area contributed by atoms with Crippen LogP contribution in [0.1, 0.15) is 44.7 Å². The third-order valence-corrected chi connectivity index (χ3v) is 3.94. The fourth-order valence-corrected chi connectivity index (χ4v) is 2.57. The Morgan fingerprint density at radius 3 is 2.32 bits per heavy atom. The molecule has 0 spiro atoms. The average Bonchev–Trinajstić information content (AvgIpc) is 2.58. The maximum Gasteiger partial charge on any atom is 0.410 e. The van der Waals surface area contributed by atoms with Gasteiger partial charge in [0.1, 0.15) is 12.2 Å². The molecule has 1 aliphatic rings. The molecule has 1 saturated heterocycles. The molecule has 0 radical (unpaired) electrons. The normalized spacial score (nSPS) is 15.4. The Bertz CT molecular complexity index is 647. The van der Waals surface area contributed by atoms with Gasteiger partial charge in [0.15, 0.2) is 0 Å². The molecule has 1 aromatic rings. The van der Waals surface area contributed by atoms with Crippen LogP contribution in [0.15, 0.2) is 24.3 Å². The molecule has 1 heterocycles. The third-order valence-electron chi connectivity index (χ3n) is 3.94. The molecule has 25 heavy (non-hydrogen) atoms. The molecule has 1 aliphatic heterocycles. The fourth-order valence-electron chi connectivity index (χ4n) is 2.57. The van der Waals surface area contributed by atoms with E-state index in [2.05, 4.69) is 0 Å². The molecule has 6 heteroatoms. The number of esters is 1. The molecule has 134 valence electrons. The van der Waals surface area contributed by atoms with E-state index in [0.717, 1.165) is 5.56 Å². The Balaban J connectivity index is 1.77. The molecule has 0 aliphatic carbocycles. The second-order valence-corrected chi connectivity index (χ2v) is 7.16. The monoisotopic (exact) mass is 344 g/mol. The van der Waals surface area contributed by atoms with Crippen molar-refractivity contribution in [1.82, 2.24) is 4.90 Å². The summed E-state index contributed by atoms with van der Waals surface area (Å²) in [5.41, 5.74) is 0.900. The molecule has 1 fully saturated rings. The van der Waals surface area contributed by atoms with Crippen LogP contribution in [-0.4, -0.2) is 35.7 Å². The Labute approximate surface area is 148 Å². The molecule has 0 N–H and O–H groups in total. The van der Waals surface area contributed by atoms with Crippen molar-refractivity contribution in [2.45, 2.75) is 45.8 Å². The van der Waals surface area contributed by atoms with E-state index in [4.69, 9.17) is 14.7 Å². The van der Waals surface area contributed by atoms with Crippen LogP contribution in [0.4, 0.5) is 4.79 Å². The molecule has 0 unspecified atom stereocenters. The second-order valence-electron chi connectivity index (χ2n) is 7.16. The highest BCUT2D eigenvalue weighted by molar-refractivity contribution is 5.73. The standard InChI is InChI=1S/C19H24N2O4/c1-19(2,3)25-18(23)21-10-8-16(9-11-21)17(22)24-13-15-6-4-14(12-20)5-7-15/h4-7,16H,8-11,13H2,1-3H3. The minimum atomic E-state index is -0.520. The zero-order valence-corrected chi connectivity index (χ0v) is 14.9. The number of benzene rings is 1. The van der Waals surface area contributed by atoms with Crippen LogP contribution in [0.3, 0.4) is 0 Å². The first-order valence-corrected chi connectivity index (χ1v) is 8.42. The molecule has 2 rings (SSSR count). The maximum absolute atomic E-state index is 12.2. The van der Waals surface area contributed by atoms with Crippen LogP contribution in [0, 0.1) is 17.2 Å². The Morgan fingerprint density at radius 2 is 1.80 bits per heavy atom. The lowest BCUT2D eigenvalue weighted by atomic mass is 9.97. The summed E-state index contributed by atoms with van der Waals surface area (Å²) in [5, 5.41) is 8.77. The Hall–Kier alpha value is -2.55. The van der Waals surface area contributed by atoms with Gasteiger partial charge in [-0.2, -0.15) is 5.26 Å². The highest BCUT2D eigenvalue weighted by Gasteiger charge is 2.30. The molecule has 1 aromatic carbocycles. The van der Waals surface area contributed by atoms with Gasteiger partial charge < -0.3 is 14.4 Å². The summed E-state index contributed by atoms with van der Waals surface area (Å²) in [6, 6.07) is 8.99. The molecular formula is C19H24N2O4. The number of nitriles is 1. The second kappa shape index (κ2) is 8.02. The van der Waals surface area contributed by atoms with Crippen LogP contribution in [0.25, 0.3) is 0 Å². The lowest BCUT2D eigenvalue weighted by molar-refractivity contribution is -0.151. The van der Waals surface area contributed by atoms with Crippen molar-refractivity contribution in [3.8, 4) is 6.07 Å². The number of rotatable bonds is 3. The van der Waals surface area contributed by atoms with Crippen molar-refractivity contribution in [1.29, 1.82) is 5.26 Å². The van der Waals surface area contributed by atoms with E-state index in [1.807, 2.05) is 26.8 Å². The highest BCUT2D eigenvalue weighted by Crippen LogP contribution is 2.21. The molecule has 0 aromatic heterocycles. The zero-order valence-electron chi connectivity index (χ0n) is 14.9. The topological polar surface area (TPSA) is 79.6 Å². The summed E-state index contributed by atoms with van der Waals surface area (Å²) in [6.45, 7) is 6.67. The van der Waals surface area contributed by atoms with Gasteiger partial charge in [-0.25, -0.2) is 4.79 Å². The van der Waals surface area contributed by atoms with Crippen LogP contribution < -0.4 is 0 Å². The van der Waals surface area contributed by atoms with E-state index < -0.39 is 5.60 Å². The van der Waals surface area contributed by atoms with E-state index in [-0.39, 0.29) is 24.6 Å². The lowest BCUT2D eigenvalue weighted by Crippen LogP contribution is -2.43. The van der Waals surface area contributed by atoms with Gasteiger partial charge in [0, 0.05) is 13.1 Å². The van der Waals surface area contributed by atoms with Gasteiger partial charge in [0.05, 0.1) is 17.6 Å². The molecular weight excluding hydrogens is 320 g/mol. The number of likely N-dealkylation sites (tertiary alicyclic amines) is 1. The number of ether oxygens (including phenoxy) is 2. The largest absolute Gasteiger partial charge is 0.461 e. The van der Waals surface area contributed by atoms with E-state index in [1.165, 1.54) is 0 Å². The summed E-state index contributed by atoms with van der Waals surface area (Å²) < 4.78 is 10.7. The molecule has 1 amide bonds. The summed E-state index contributed by atoms with van der Waals surface area (Å²) in [6.07, 6.45) is 0.813. The van der Waals surface area contributed by atoms with Crippen molar-refractivity contribution < 1.29 is 19.1 Å². The maximum atomic E-state index is 12.2. The number of amides is 1. The molecule has 0 atom stereocenters. The SMILES string of the molecule is CC(C)(C)OC(=O)N1CCC(C(=O)OCc2ccc(C#N)cc2)CC1. The lowest BCUT2D eigenvalue weighted by Gasteiger charge is -2.32. The highest BCUT2D eigenvalue weighted by atomic mass is 16.6. The molecule has 0 bridgehead atoms. The Kier molecular flexibility index (Phi) is 6.02. The van der Waals surface area contributed by atoms with E-state index in [0.29, 0.717) is 31.5 Å². The zero-order chi connectivity index (χ0) is 18.4. The number of carbonyl (C=O) groups is 2.